The number of imide groups is 1. The Morgan fingerprint density at radius 3 is 2.45 bits per heavy atom. The predicted molar refractivity (Wildman–Crippen MR) is 242 cm³/mol. The maximum absolute atomic E-state index is 16.2. The van der Waals surface area contributed by atoms with Gasteiger partial charge >= 0.3 is 6.03 Å². The van der Waals surface area contributed by atoms with E-state index in [1.807, 2.05) is 61.1 Å². The minimum Gasteiger partial charge on any atom is -0.494 e. The molecule has 4 N–H and O–H groups in total. The fourth-order valence-corrected chi connectivity index (χ4v) is 10.6. The molecule has 16 heteroatoms. The summed E-state index contributed by atoms with van der Waals surface area (Å²) in [6.45, 7) is 7.47. The maximum Gasteiger partial charge on any atom is 0.329 e. The highest BCUT2D eigenvalue weighted by molar-refractivity contribution is 6.34. The molecule has 3 saturated heterocycles. The summed E-state index contributed by atoms with van der Waals surface area (Å²) in [7, 11) is 3.22. The second-order valence-corrected chi connectivity index (χ2v) is 17.9. The number of aromatic nitrogens is 2. The summed E-state index contributed by atoms with van der Waals surface area (Å²) in [5.41, 5.74) is 7.83. The Kier molecular flexibility index (Phi) is 12.0. The number of para-hydroxylation sites is 1. The van der Waals surface area contributed by atoms with Gasteiger partial charge in [-0.05, 0) is 87.5 Å². The van der Waals surface area contributed by atoms with Gasteiger partial charge in [-0.1, -0.05) is 54.9 Å². The third kappa shape index (κ3) is 7.81. The Labute approximate surface area is 375 Å². The van der Waals surface area contributed by atoms with Crippen LogP contribution in [-0.4, -0.2) is 91.5 Å². The zero-order chi connectivity index (χ0) is 44.9. The van der Waals surface area contributed by atoms with Gasteiger partial charge in [0.25, 0.3) is 0 Å². The van der Waals surface area contributed by atoms with E-state index in [2.05, 4.69) is 26.5 Å². The molecule has 2 unspecified atom stereocenters. The summed E-state index contributed by atoms with van der Waals surface area (Å²) in [5.74, 6) is -2.02. The molecule has 5 aromatic rings. The second-order valence-electron chi connectivity index (χ2n) is 17.5. The number of anilines is 2. The molecule has 4 amide bonds. The molecule has 4 aromatic carbocycles. The number of fused-ring (bicyclic) bond motifs is 2. The average molecular weight is 895 g/mol. The number of benzene rings is 4. The van der Waals surface area contributed by atoms with Crippen molar-refractivity contribution in [3.63, 3.8) is 0 Å². The number of piperidine rings is 2. The molecule has 0 saturated carbocycles. The number of hydrogen-bond acceptors (Lipinski definition) is 9. The molecule has 0 spiro atoms. The summed E-state index contributed by atoms with van der Waals surface area (Å²) in [4.78, 5) is 43.6. The molecule has 13 nitrogen and oxygen atoms in total. The van der Waals surface area contributed by atoms with Crippen LogP contribution in [0.4, 0.5) is 25.1 Å². The molecule has 2 atom stereocenters. The number of methoxy groups -OCH3 is 1. The van der Waals surface area contributed by atoms with Crippen molar-refractivity contribution >= 4 is 51.9 Å². The van der Waals surface area contributed by atoms with Crippen LogP contribution in [0.2, 0.25) is 5.02 Å². The van der Waals surface area contributed by atoms with Crippen LogP contribution in [0.1, 0.15) is 72.9 Å². The van der Waals surface area contributed by atoms with E-state index in [0.29, 0.717) is 30.4 Å². The zero-order valence-corrected chi connectivity index (χ0v) is 37.0. The number of primary amides is 1. The van der Waals surface area contributed by atoms with E-state index >= 15 is 8.78 Å². The summed E-state index contributed by atoms with van der Waals surface area (Å²) in [5, 5.41) is 11.5. The van der Waals surface area contributed by atoms with Crippen molar-refractivity contribution in [1.82, 2.24) is 25.3 Å². The minimum atomic E-state index is -1.01. The van der Waals surface area contributed by atoms with E-state index in [0.717, 1.165) is 87.0 Å². The summed E-state index contributed by atoms with van der Waals surface area (Å²) < 4.78 is 45.9. The summed E-state index contributed by atoms with van der Waals surface area (Å²) in [6.07, 6.45) is 5.43. The molecule has 1 aromatic heterocycles. The van der Waals surface area contributed by atoms with Crippen molar-refractivity contribution in [3.8, 4) is 22.6 Å². The molecule has 4 aliphatic heterocycles. The van der Waals surface area contributed by atoms with Crippen LogP contribution in [0.25, 0.3) is 22.0 Å². The molecule has 3 fully saturated rings. The largest absolute Gasteiger partial charge is 0.494 e. The van der Waals surface area contributed by atoms with Gasteiger partial charge in [0, 0.05) is 79.8 Å². The Hall–Kier alpha value is -5.77. The number of hydrogen-bond donors (Lipinski definition) is 3. The van der Waals surface area contributed by atoms with Gasteiger partial charge in [-0.2, -0.15) is 5.10 Å². The number of nitrogens with zero attached hydrogens (tertiary/aromatic N) is 5. The van der Waals surface area contributed by atoms with E-state index in [1.54, 1.807) is 4.90 Å². The Bertz CT molecular complexity index is 2610. The Balaban J connectivity index is 0.836. The van der Waals surface area contributed by atoms with E-state index in [1.165, 1.54) is 25.3 Å². The van der Waals surface area contributed by atoms with Crippen LogP contribution < -0.4 is 35.6 Å². The number of likely N-dealkylation sites (tertiary alicyclic amines) is 1. The normalized spacial score (nSPS) is 21.0. The number of ether oxygens (including phenoxy) is 2. The van der Waals surface area contributed by atoms with E-state index in [4.69, 9.17) is 31.9 Å². The van der Waals surface area contributed by atoms with E-state index in [-0.39, 0.29) is 51.6 Å². The van der Waals surface area contributed by atoms with E-state index in [9.17, 15) is 14.4 Å². The fraction of sp³-hybridized carbons (Fsp3) is 0.417. The zero-order valence-electron chi connectivity index (χ0n) is 36.3. The van der Waals surface area contributed by atoms with Crippen LogP contribution in [0, 0.1) is 17.6 Å². The predicted octanol–water partition coefficient (Wildman–Crippen LogP) is 7.48. The molecule has 9 rings (SSSR count). The first-order valence-electron chi connectivity index (χ1n) is 22.1. The smallest absolute Gasteiger partial charge is 0.329 e. The van der Waals surface area contributed by atoms with Crippen molar-refractivity contribution in [2.24, 2.45) is 18.7 Å². The van der Waals surface area contributed by atoms with Crippen molar-refractivity contribution in [1.29, 1.82) is 0 Å². The highest BCUT2D eigenvalue weighted by Crippen LogP contribution is 2.56. The summed E-state index contributed by atoms with van der Waals surface area (Å²) in [6, 6.07) is 19.6. The fourth-order valence-electron chi connectivity index (χ4n) is 10.4. The highest BCUT2D eigenvalue weighted by Gasteiger charge is 2.50. The standard InChI is InChI=1S/C48H53ClF2N8O5/c1-28-39-37(26-34(50)42(49)41(39)40-32(45(52)61)12-13-36(63-3)43(40)51)64-48(28,30-8-5-4-6-9-30)27-53-31-17-21-57(22-18-31)20-14-29-15-23-58(24-16-29)35-11-7-10-33-44(35)56(2)55-46(33)59-25-19-38(60)54-47(59)62/h4-13,26,28-29,31,53H,14-25,27H2,1-3H3,(H2,52,61)(H,54,60,62). The average Bonchev–Trinajstić information content (AvgIpc) is 3.78. The van der Waals surface area contributed by atoms with Gasteiger partial charge in [0.1, 0.15) is 11.6 Å². The van der Waals surface area contributed by atoms with Crippen molar-refractivity contribution in [2.45, 2.75) is 63.0 Å². The molecule has 5 heterocycles. The number of halogens is 3. The SMILES string of the molecule is COc1ccc(C(N)=O)c(-c2c(Cl)c(F)cc3c2C(C)C(CNC2CCN(CCC4CCN(c5cccc6c(N7CCC(=O)NC7=O)nn(C)c56)CC4)CC2)(c2ccccc2)O3)c1F. The topological polar surface area (TPSA) is 147 Å². The van der Waals surface area contributed by atoms with Crippen LogP contribution in [0.3, 0.4) is 0 Å². The monoisotopic (exact) mass is 894 g/mol. The lowest BCUT2D eigenvalue weighted by Crippen LogP contribution is -2.50. The number of nitrogens with two attached hydrogens (primary N) is 1. The first kappa shape index (κ1) is 43.5. The lowest BCUT2D eigenvalue weighted by molar-refractivity contribution is -0.120. The van der Waals surface area contributed by atoms with Crippen molar-refractivity contribution in [3.05, 3.63) is 100 Å². The van der Waals surface area contributed by atoms with Gasteiger partial charge in [0.15, 0.2) is 23.0 Å². The second kappa shape index (κ2) is 17.7. The Morgan fingerprint density at radius 1 is 1.00 bits per heavy atom. The lowest BCUT2D eigenvalue weighted by Gasteiger charge is -2.39. The summed E-state index contributed by atoms with van der Waals surface area (Å²) >= 11 is 6.70. The first-order chi connectivity index (χ1) is 30.9. The highest BCUT2D eigenvalue weighted by atomic mass is 35.5. The molecule has 0 radical (unpaired) electrons. The molecular formula is C48H53ClF2N8O5. The number of rotatable bonds is 12. The van der Waals surface area contributed by atoms with Gasteiger partial charge in [-0.3, -0.25) is 24.5 Å². The number of urea groups is 1. The van der Waals surface area contributed by atoms with Crippen molar-refractivity contribution in [2.75, 3.05) is 62.7 Å². The molecular weight excluding hydrogens is 842 g/mol. The van der Waals surface area contributed by atoms with Crippen LogP contribution in [0.5, 0.6) is 11.5 Å². The quantitative estimate of drug-likeness (QED) is 0.116. The number of aryl methyl sites for hydroxylation is 1. The van der Waals surface area contributed by atoms with E-state index < -0.39 is 35.1 Å². The first-order valence-corrected chi connectivity index (χ1v) is 22.5. The molecule has 0 bridgehead atoms. The van der Waals surface area contributed by atoms with Crippen LogP contribution in [-0.2, 0) is 17.4 Å². The number of amides is 4. The van der Waals surface area contributed by atoms with Crippen LogP contribution in [0.15, 0.2) is 66.7 Å². The van der Waals surface area contributed by atoms with Gasteiger partial charge < -0.3 is 30.3 Å². The molecule has 0 aliphatic carbocycles. The number of nitrogens with one attached hydrogen (secondary N) is 2. The third-order valence-corrected chi connectivity index (χ3v) is 14.3. The molecule has 64 heavy (non-hydrogen) atoms. The Morgan fingerprint density at radius 2 is 1.75 bits per heavy atom. The van der Waals surface area contributed by atoms with Gasteiger partial charge in [-0.15, -0.1) is 0 Å². The van der Waals surface area contributed by atoms with Gasteiger partial charge in [0.2, 0.25) is 11.8 Å². The lowest BCUT2D eigenvalue weighted by atomic mass is 9.77. The van der Waals surface area contributed by atoms with Gasteiger partial charge in [-0.25, -0.2) is 13.6 Å². The molecule has 4 aliphatic rings. The van der Waals surface area contributed by atoms with Crippen LogP contribution >= 0.6 is 11.6 Å². The number of carbonyl (C=O) groups excluding carboxylic acids is 3. The van der Waals surface area contributed by atoms with Crippen molar-refractivity contribution < 1.29 is 32.6 Å². The molecule has 336 valence electrons. The third-order valence-electron chi connectivity index (χ3n) is 13.9. The van der Waals surface area contributed by atoms with Gasteiger partial charge in [0.05, 0.1) is 28.9 Å². The minimum absolute atomic E-state index is 0.0240. The number of carbonyl (C=O) groups is 3. The maximum atomic E-state index is 16.2.